The SMILES string of the molecule is COc1cc(C=Nn2c(-c3cc4ccccc4o3)nc3ccccc3c2=O)cc(I)c1OCc1ccc(C(=O)O)cc1. The molecule has 9 nitrogen and oxygen atoms in total. The number of para-hydroxylation sites is 2. The van der Waals surface area contributed by atoms with Crippen LogP contribution in [0, 0.1) is 3.57 Å². The average molecular weight is 671 g/mol. The molecule has 0 aliphatic rings. The van der Waals surface area contributed by atoms with Crippen LogP contribution in [0.1, 0.15) is 21.5 Å². The molecule has 6 rings (SSSR count). The van der Waals surface area contributed by atoms with Gasteiger partial charge in [-0.05, 0) is 82.2 Å². The van der Waals surface area contributed by atoms with Crippen molar-refractivity contribution in [2.24, 2.45) is 5.10 Å². The first-order chi connectivity index (χ1) is 20.4. The van der Waals surface area contributed by atoms with Gasteiger partial charge in [0.15, 0.2) is 17.3 Å². The Morgan fingerprint density at radius 2 is 1.81 bits per heavy atom. The Morgan fingerprint density at radius 1 is 1.05 bits per heavy atom. The average Bonchev–Trinajstić information content (AvgIpc) is 3.44. The molecule has 0 aliphatic carbocycles. The van der Waals surface area contributed by atoms with E-state index in [2.05, 4.69) is 27.7 Å². The number of furan rings is 1. The highest BCUT2D eigenvalue weighted by Gasteiger charge is 2.17. The Kier molecular flexibility index (Phi) is 7.44. The molecule has 6 aromatic rings. The van der Waals surface area contributed by atoms with Gasteiger partial charge >= 0.3 is 5.97 Å². The second kappa shape index (κ2) is 11.5. The molecule has 0 amide bonds. The van der Waals surface area contributed by atoms with Crippen LogP contribution >= 0.6 is 22.6 Å². The molecule has 0 aliphatic heterocycles. The van der Waals surface area contributed by atoms with Gasteiger partial charge in [0, 0.05) is 5.39 Å². The van der Waals surface area contributed by atoms with E-state index >= 15 is 0 Å². The summed E-state index contributed by atoms with van der Waals surface area (Å²) >= 11 is 2.15. The van der Waals surface area contributed by atoms with Gasteiger partial charge in [0.2, 0.25) is 5.82 Å². The molecule has 208 valence electrons. The van der Waals surface area contributed by atoms with Crippen molar-refractivity contribution >= 4 is 56.6 Å². The molecule has 0 spiro atoms. The topological polar surface area (TPSA) is 116 Å². The molecule has 4 aromatic carbocycles. The Morgan fingerprint density at radius 3 is 2.57 bits per heavy atom. The Balaban J connectivity index is 1.35. The number of hydrogen-bond donors (Lipinski definition) is 1. The number of benzene rings is 4. The number of fused-ring (bicyclic) bond motifs is 2. The molecular formula is C32H22IN3O6. The highest BCUT2D eigenvalue weighted by Crippen LogP contribution is 2.34. The molecule has 0 atom stereocenters. The highest BCUT2D eigenvalue weighted by molar-refractivity contribution is 14.1. The molecule has 42 heavy (non-hydrogen) atoms. The summed E-state index contributed by atoms with van der Waals surface area (Å²) in [5.74, 6) is 0.727. The number of carboxylic acid groups (broad SMARTS) is 1. The lowest BCUT2D eigenvalue weighted by Gasteiger charge is -2.14. The summed E-state index contributed by atoms with van der Waals surface area (Å²) in [6.45, 7) is 0.221. The molecule has 10 heteroatoms. The van der Waals surface area contributed by atoms with Gasteiger partial charge in [0.25, 0.3) is 5.56 Å². The molecular weight excluding hydrogens is 649 g/mol. The first-order valence-electron chi connectivity index (χ1n) is 12.8. The Hall–Kier alpha value is -4.97. The van der Waals surface area contributed by atoms with Crippen LogP contribution in [-0.2, 0) is 6.61 Å². The van der Waals surface area contributed by atoms with E-state index in [9.17, 15) is 9.59 Å². The summed E-state index contributed by atoms with van der Waals surface area (Å²) in [5, 5.41) is 15.0. The normalized spacial score (nSPS) is 11.4. The molecule has 0 unspecified atom stereocenters. The second-order valence-corrected chi connectivity index (χ2v) is 10.4. The van der Waals surface area contributed by atoms with Gasteiger partial charge in [-0.25, -0.2) is 9.78 Å². The van der Waals surface area contributed by atoms with Gasteiger partial charge in [-0.3, -0.25) is 4.79 Å². The number of carbonyl (C=O) groups is 1. The lowest BCUT2D eigenvalue weighted by atomic mass is 10.1. The van der Waals surface area contributed by atoms with E-state index in [1.54, 1.807) is 42.6 Å². The van der Waals surface area contributed by atoms with Crippen LogP contribution in [0.15, 0.2) is 105 Å². The third kappa shape index (κ3) is 5.36. The summed E-state index contributed by atoms with van der Waals surface area (Å²) in [4.78, 5) is 29.4. The maximum atomic E-state index is 13.6. The zero-order valence-electron chi connectivity index (χ0n) is 22.2. The number of aromatic nitrogens is 2. The number of carboxylic acids is 1. The van der Waals surface area contributed by atoms with E-state index in [0.29, 0.717) is 39.3 Å². The summed E-state index contributed by atoms with van der Waals surface area (Å²) in [7, 11) is 1.54. The molecule has 0 bridgehead atoms. The van der Waals surface area contributed by atoms with Crippen molar-refractivity contribution in [3.05, 3.63) is 122 Å². The van der Waals surface area contributed by atoms with Crippen molar-refractivity contribution < 1.29 is 23.8 Å². The van der Waals surface area contributed by atoms with Crippen molar-refractivity contribution in [3.8, 4) is 23.1 Å². The summed E-state index contributed by atoms with van der Waals surface area (Å²) < 4.78 is 19.7. The summed E-state index contributed by atoms with van der Waals surface area (Å²) in [6, 6.07) is 26.6. The maximum absolute atomic E-state index is 13.6. The van der Waals surface area contributed by atoms with Crippen molar-refractivity contribution in [1.82, 2.24) is 9.66 Å². The van der Waals surface area contributed by atoms with Gasteiger partial charge in [0.05, 0.1) is 33.4 Å². The number of hydrogen-bond acceptors (Lipinski definition) is 7. The van der Waals surface area contributed by atoms with E-state index in [4.69, 9.17) is 24.0 Å². The van der Waals surface area contributed by atoms with Gasteiger partial charge < -0.3 is 19.0 Å². The fourth-order valence-electron chi connectivity index (χ4n) is 4.46. The Bertz CT molecular complexity index is 2010. The van der Waals surface area contributed by atoms with Crippen molar-refractivity contribution in [2.75, 3.05) is 7.11 Å². The number of rotatable bonds is 8. The van der Waals surface area contributed by atoms with E-state index in [-0.39, 0.29) is 23.6 Å². The summed E-state index contributed by atoms with van der Waals surface area (Å²) in [5.41, 5.74) is 2.58. The molecule has 0 radical (unpaired) electrons. The second-order valence-electron chi connectivity index (χ2n) is 9.29. The number of halogens is 1. The number of nitrogens with zero attached hydrogens (tertiary/aromatic N) is 3. The van der Waals surface area contributed by atoms with Crippen LogP contribution in [-0.4, -0.2) is 34.1 Å². The maximum Gasteiger partial charge on any atom is 0.335 e. The summed E-state index contributed by atoms with van der Waals surface area (Å²) in [6.07, 6.45) is 1.56. The van der Waals surface area contributed by atoms with E-state index in [1.807, 2.05) is 42.5 Å². The van der Waals surface area contributed by atoms with Gasteiger partial charge in [-0.15, -0.1) is 0 Å². The van der Waals surface area contributed by atoms with Gasteiger partial charge in [-0.1, -0.05) is 42.5 Å². The van der Waals surface area contributed by atoms with Crippen LogP contribution < -0.4 is 15.0 Å². The van der Waals surface area contributed by atoms with Gasteiger partial charge in [-0.2, -0.15) is 9.78 Å². The minimum atomic E-state index is -0.984. The van der Waals surface area contributed by atoms with Crippen LogP contribution in [0.3, 0.4) is 0 Å². The van der Waals surface area contributed by atoms with E-state index in [1.165, 1.54) is 23.9 Å². The number of ether oxygens (including phenoxy) is 2. The molecule has 0 saturated heterocycles. The minimum Gasteiger partial charge on any atom is -0.493 e. The van der Waals surface area contributed by atoms with Crippen molar-refractivity contribution in [1.29, 1.82) is 0 Å². The fourth-order valence-corrected chi connectivity index (χ4v) is 5.24. The highest BCUT2D eigenvalue weighted by atomic mass is 127. The monoisotopic (exact) mass is 671 g/mol. The quantitative estimate of drug-likeness (QED) is 0.144. The first-order valence-corrected chi connectivity index (χ1v) is 13.9. The molecule has 2 aromatic heterocycles. The fraction of sp³-hybridized carbons (Fsp3) is 0.0625. The lowest BCUT2D eigenvalue weighted by molar-refractivity contribution is 0.0697. The number of aromatic carboxylic acids is 1. The van der Waals surface area contributed by atoms with E-state index < -0.39 is 5.97 Å². The van der Waals surface area contributed by atoms with E-state index in [0.717, 1.165) is 14.5 Å². The van der Waals surface area contributed by atoms with Crippen molar-refractivity contribution in [2.45, 2.75) is 6.61 Å². The minimum absolute atomic E-state index is 0.207. The predicted octanol–water partition coefficient (Wildman–Crippen LogP) is 6.58. The smallest absolute Gasteiger partial charge is 0.335 e. The number of methoxy groups -OCH3 is 1. The molecule has 0 saturated carbocycles. The van der Waals surface area contributed by atoms with Crippen LogP contribution in [0.5, 0.6) is 11.5 Å². The molecule has 2 heterocycles. The largest absolute Gasteiger partial charge is 0.493 e. The van der Waals surface area contributed by atoms with Gasteiger partial charge in [0.1, 0.15) is 12.2 Å². The van der Waals surface area contributed by atoms with Crippen LogP contribution in [0.25, 0.3) is 33.5 Å². The third-order valence-electron chi connectivity index (χ3n) is 6.56. The molecule has 0 fully saturated rings. The third-order valence-corrected chi connectivity index (χ3v) is 7.36. The molecule has 1 N–H and O–H groups in total. The Labute approximate surface area is 252 Å². The van der Waals surface area contributed by atoms with Crippen LogP contribution in [0.4, 0.5) is 0 Å². The van der Waals surface area contributed by atoms with Crippen molar-refractivity contribution in [3.63, 3.8) is 0 Å². The zero-order valence-corrected chi connectivity index (χ0v) is 24.3. The predicted molar refractivity (Wildman–Crippen MR) is 168 cm³/mol. The standard InChI is InChI=1S/C32H22IN3O6/c1-40-27-15-20(14-24(33)29(27)41-18-19-10-12-21(13-11-19)32(38)39)17-34-36-30(28-16-22-6-2-5-9-26(22)42-28)35-25-8-4-3-7-23(25)31(36)37/h2-17H,18H2,1H3,(H,38,39). The lowest BCUT2D eigenvalue weighted by Crippen LogP contribution is -2.20. The first kappa shape index (κ1) is 27.2. The zero-order chi connectivity index (χ0) is 29.2. The van der Waals surface area contributed by atoms with Crippen LogP contribution in [0.2, 0.25) is 0 Å².